The van der Waals surface area contributed by atoms with Crippen molar-refractivity contribution >= 4 is 12.0 Å². The van der Waals surface area contributed by atoms with Crippen molar-refractivity contribution in [3.63, 3.8) is 0 Å². The highest BCUT2D eigenvalue weighted by molar-refractivity contribution is 6.06. The summed E-state index contributed by atoms with van der Waals surface area (Å²) >= 11 is 0. The van der Waals surface area contributed by atoms with Crippen molar-refractivity contribution in [2.45, 2.75) is 0 Å². The number of rotatable bonds is 0. The molecule has 1 aromatic rings. The summed E-state index contributed by atoms with van der Waals surface area (Å²) in [6, 6.07) is 7.47. The van der Waals surface area contributed by atoms with Crippen molar-refractivity contribution in [3.8, 4) is 0 Å². The number of carbonyl (C=O) groups excluding carboxylic acids is 1. The van der Waals surface area contributed by atoms with Crippen LogP contribution in [-0.4, -0.2) is 44.0 Å². The molecule has 0 atom stereocenters. The molecule has 2 aliphatic heterocycles. The summed E-state index contributed by atoms with van der Waals surface area (Å²) in [6.07, 6.45) is 1.54. The lowest BCUT2D eigenvalue weighted by atomic mass is 10.3. The zero-order valence-electron chi connectivity index (χ0n) is 10.0. The number of likely N-dealkylation sites (N-methyl/N-ethyl adjacent to an activating group) is 1. The smallest absolute Gasteiger partial charge is 0.270 e. The number of benzene rings is 1. The van der Waals surface area contributed by atoms with E-state index in [2.05, 4.69) is 22.3 Å². The van der Waals surface area contributed by atoms with Gasteiger partial charge in [-0.2, -0.15) is 0 Å². The molecule has 0 unspecified atom stereocenters. The van der Waals surface area contributed by atoms with Crippen LogP contribution in [0.2, 0.25) is 0 Å². The van der Waals surface area contributed by atoms with E-state index in [0.717, 1.165) is 23.7 Å². The van der Waals surface area contributed by atoms with Crippen molar-refractivity contribution in [3.05, 3.63) is 34.8 Å². The molecule has 1 saturated heterocycles. The summed E-state index contributed by atoms with van der Waals surface area (Å²) in [5.74, 6) is -0.152. The Labute approximate surface area is 101 Å². The number of para-hydroxylation sites is 1. The molecule has 0 bridgehead atoms. The Kier molecular flexibility index (Phi) is 4.01. The van der Waals surface area contributed by atoms with Gasteiger partial charge in [0.05, 0.1) is 5.36 Å². The number of hydrogen-bond acceptors (Lipinski definition) is 3. The third-order valence-electron chi connectivity index (χ3n) is 2.79. The summed E-state index contributed by atoms with van der Waals surface area (Å²) in [6.45, 7) is 4.74. The fourth-order valence-electron chi connectivity index (χ4n) is 1.77. The summed E-state index contributed by atoms with van der Waals surface area (Å²) < 4.78 is 0. The van der Waals surface area contributed by atoms with Gasteiger partial charge in [-0.15, -0.1) is 0 Å². The zero-order valence-corrected chi connectivity index (χ0v) is 10.0. The maximum absolute atomic E-state index is 10.7. The predicted octanol–water partition coefficient (Wildman–Crippen LogP) is -0.852. The molecule has 0 saturated carbocycles. The second-order valence-corrected chi connectivity index (χ2v) is 4.21. The number of nitrogens with zero attached hydrogens (tertiary/aromatic N) is 2. The van der Waals surface area contributed by atoms with E-state index in [0.29, 0.717) is 0 Å². The third kappa shape index (κ3) is 3.47. The second-order valence-electron chi connectivity index (χ2n) is 4.21. The molecule has 1 aromatic carbocycles. The highest BCUT2D eigenvalue weighted by atomic mass is 16.1. The molecule has 17 heavy (non-hydrogen) atoms. The normalized spacial score (nSPS) is 18.5. The van der Waals surface area contributed by atoms with Gasteiger partial charge in [-0.05, 0) is 13.1 Å². The van der Waals surface area contributed by atoms with Crippen molar-refractivity contribution in [1.29, 1.82) is 0 Å². The van der Waals surface area contributed by atoms with E-state index in [1.54, 1.807) is 0 Å². The highest BCUT2D eigenvalue weighted by Crippen LogP contribution is 1.83. The van der Waals surface area contributed by atoms with E-state index in [4.69, 9.17) is 0 Å². The van der Waals surface area contributed by atoms with Crippen LogP contribution in [0.25, 0.3) is 6.08 Å². The van der Waals surface area contributed by atoms with E-state index < -0.39 is 0 Å². The SMILES string of the molecule is CN1CCNCC1.O=C1C=c2ccccc2=N1. The van der Waals surface area contributed by atoms with Crippen LogP contribution in [0, 0.1) is 0 Å². The van der Waals surface area contributed by atoms with Gasteiger partial charge in [-0.25, -0.2) is 4.99 Å². The molecule has 0 spiro atoms. The maximum atomic E-state index is 10.7. The monoisotopic (exact) mass is 231 g/mol. The highest BCUT2D eigenvalue weighted by Gasteiger charge is 2.01. The number of fused-ring (bicyclic) bond motifs is 1. The van der Waals surface area contributed by atoms with Crippen molar-refractivity contribution < 1.29 is 4.79 Å². The summed E-state index contributed by atoms with van der Waals surface area (Å²) in [5, 5.41) is 4.98. The third-order valence-corrected chi connectivity index (χ3v) is 2.79. The predicted molar refractivity (Wildman–Crippen MR) is 67.1 cm³/mol. The van der Waals surface area contributed by atoms with Crippen LogP contribution in [0.3, 0.4) is 0 Å². The van der Waals surface area contributed by atoms with Crippen LogP contribution in [0.1, 0.15) is 0 Å². The molecule has 0 aromatic heterocycles. The number of nitrogens with one attached hydrogen (secondary N) is 1. The summed E-state index contributed by atoms with van der Waals surface area (Å²) in [7, 11) is 2.15. The van der Waals surface area contributed by atoms with Gasteiger partial charge in [-0.1, -0.05) is 18.2 Å². The molecule has 4 heteroatoms. The topological polar surface area (TPSA) is 44.7 Å². The molecular weight excluding hydrogens is 214 g/mol. The van der Waals surface area contributed by atoms with Crippen molar-refractivity contribution in [1.82, 2.24) is 10.2 Å². The molecule has 0 radical (unpaired) electrons. The fraction of sp³-hybridized carbons (Fsp3) is 0.385. The van der Waals surface area contributed by atoms with E-state index in [1.165, 1.54) is 19.2 Å². The minimum atomic E-state index is -0.152. The summed E-state index contributed by atoms with van der Waals surface area (Å²) in [5.41, 5.74) is 0. The Morgan fingerprint density at radius 3 is 2.53 bits per heavy atom. The average molecular weight is 231 g/mol. The molecule has 90 valence electrons. The first-order valence-electron chi connectivity index (χ1n) is 5.84. The minimum Gasteiger partial charge on any atom is -0.314 e. The Morgan fingerprint density at radius 1 is 1.24 bits per heavy atom. The Hall–Kier alpha value is -1.52. The quantitative estimate of drug-likeness (QED) is 0.632. The number of hydrogen-bond donors (Lipinski definition) is 1. The molecule has 0 aliphatic carbocycles. The number of carbonyl (C=O) groups is 1. The van der Waals surface area contributed by atoms with Gasteiger partial charge in [0.15, 0.2) is 0 Å². The number of piperazine rings is 1. The van der Waals surface area contributed by atoms with Gasteiger partial charge in [0.1, 0.15) is 0 Å². The zero-order chi connectivity index (χ0) is 12.1. The Bertz CT molecular complexity index is 467. The first-order chi connectivity index (χ1) is 8.25. The lowest BCUT2D eigenvalue weighted by Gasteiger charge is -2.21. The molecule has 1 fully saturated rings. The van der Waals surface area contributed by atoms with Gasteiger partial charge < -0.3 is 10.2 Å². The Balaban J connectivity index is 0.000000136. The van der Waals surface area contributed by atoms with Gasteiger partial charge in [-0.3, -0.25) is 4.79 Å². The molecule has 1 N–H and O–H groups in total. The number of amides is 1. The lowest BCUT2D eigenvalue weighted by molar-refractivity contribution is -0.112. The van der Waals surface area contributed by atoms with Crippen molar-refractivity contribution in [2.24, 2.45) is 4.99 Å². The lowest BCUT2D eigenvalue weighted by Crippen LogP contribution is -2.40. The minimum absolute atomic E-state index is 0.152. The fourth-order valence-corrected chi connectivity index (χ4v) is 1.77. The van der Waals surface area contributed by atoms with E-state index >= 15 is 0 Å². The molecule has 2 aliphatic rings. The van der Waals surface area contributed by atoms with Crippen LogP contribution >= 0.6 is 0 Å². The standard InChI is InChI=1S/C8H5NO.C5H12N2/c10-8-5-6-3-1-2-4-7(6)9-8;1-7-4-2-6-3-5-7/h1-5H;6H,2-5H2,1H3. The van der Waals surface area contributed by atoms with Crippen LogP contribution < -0.4 is 15.9 Å². The first-order valence-corrected chi connectivity index (χ1v) is 5.84. The van der Waals surface area contributed by atoms with Crippen LogP contribution in [0.5, 0.6) is 0 Å². The summed E-state index contributed by atoms with van der Waals surface area (Å²) in [4.78, 5) is 16.8. The van der Waals surface area contributed by atoms with E-state index in [1.807, 2.05) is 24.3 Å². The average Bonchev–Trinajstić information content (AvgIpc) is 2.71. The van der Waals surface area contributed by atoms with Gasteiger partial charge >= 0.3 is 0 Å². The van der Waals surface area contributed by atoms with Gasteiger partial charge in [0, 0.05) is 37.5 Å². The van der Waals surface area contributed by atoms with E-state index in [9.17, 15) is 4.79 Å². The van der Waals surface area contributed by atoms with Crippen LogP contribution in [0.4, 0.5) is 0 Å². The molecule has 4 nitrogen and oxygen atoms in total. The van der Waals surface area contributed by atoms with Crippen LogP contribution in [0.15, 0.2) is 29.3 Å². The molecule has 2 heterocycles. The largest absolute Gasteiger partial charge is 0.314 e. The van der Waals surface area contributed by atoms with Crippen LogP contribution in [-0.2, 0) is 4.79 Å². The second kappa shape index (κ2) is 5.70. The van der Waals surface area contributed by atoms with Crippen molar-refractivity contribution in [2.75, 3.05) is 33.2 Å². The van der Waals surface area contributed by atoms with Gasteiger partial charge in [0.2, 0.25) is 0 Å². The van der Waals surface area contributed by atoms with E-state index in [-0.39, 0.29) is 5.91 Å². The molecular formula is C13H17N3O. The molecule has 1 amide bonds. The Morgan fingerprint density at radius 2 is 1.94 bits per heavy atom. The van der Waals surface area contributed by atoms with Gasteiger partial charge in [0.25, 0.3) is 5.91 Å². The molecule has 3 rings (SSSR count). The first kappa shape index (κ1) is 12.0. The maximum Gasteiger partial charge on any atom is 0.270 e.